The average molecular weight is 267 g/mol. The molecule has 102 valence electrons. The molecule has 4 nitrogen and oxygen atoms in total. The zero-order chi connectivity index (χ0) is 13.5. The van der Waals surface area contributed by atoms with E-state index in [2.05, 4.69) is 27.3 Å². The number of hydrogen-bond donors (Lipinski definition) is 2. The molecule has 0 atom stereocenters. The fraction of sp³-hybridized carbons (Fsp3) is 0.312. The van der Waals surface area contributed by atoms with E-state index in [0.717, 1.165) is 24.8 Å². The Balaban J connectivity index is 1.50. The van der Waals surface area contributed by atoms with E-state index in [9.17, 15) is 4.79 Å². The van der Waals surface area contributed by atoms with E-state index in [-0.39, 0.29) is 5.91 Å². The van der Waals surface area contributed by atoms with Crippen LogP contribution < -0.4 is 5.32 Å². The third kappa shape index (κ3) is 2.12. The van der Waals surface area contributed by atoms with E-state index in [1.807, 2.05) is 12.1 Å². The lowest BCUT2D eigenvalue weighted by Crippen LogP contribution is -2.18. The SMILES string of the molecule is O=C(Nc1ccc2c(c1)CN(C1CC1)C2)c1ccc[nH]1. The Labute approximate surface area is 117 Å². The van der Waals surface area contributed by atoms with Crippen molar-refractivity contribution in [3.8, 4) is 0 Å². The third-order valence-corrected chi connectivity index (χ3v) is 4.12. The smallest absolute Gasteiger partial charge is 0.272 e. The number of carbonyl (C=O) groups excluding carboxylic acids is 1. The summed E-state index contributed by atoms with van der Waals surface area (Å²) in [5.41, 5.74) is 4.21. The van der Waals surface area contributed by atoms with E-state index < -0.39 is 0 Å². The highest BCUT2D eigenvalue weighted by Gasteiger charge is 2.32. The van der Waals surface area contributed by atoms with Crippen molar-refractivity contribution in [3.05, 3.63) is 53.3 Å². The minimum absolute atomic E-state index is 0.0907. The van der Waals surface area contributed by atoms with Crippen LogP contribution >= 0.6 is 0 Å². The highest BCUT2D eigenvalue weighted by atomic mass is 16.1. The molecule has 1 aliphatic heterocycles. The van der Waals surface area contributed by atoms with Crippen LogP contribution in [0.4, 0.5) is 5.69 Å². The normalized spacial score (nSPS) is 18.0. The van der Waals surface area contributed by atoms with Gasteiger partial charge in [0.05, 0.1) is 0 Å². The third-order valence-electron chi connectivity index (χ3n) is 4.12. The topological polar surface area (TPSA) is 48.1 Å². The zero-order valence-corrected chi connectivity index (χ0v) is 11.2. The quantitative estimate of drug-likeness (QED) is 0.898. The molecule has 20 heavy (non-hydrogen) atoms. The summed E-state index contributed by atoms with van der Waals surface area (Å²) in [4.78, 5) is 17.5. The van der Waals surface area contributed by atoms with Crippen LogP contribution in [0.5, 0.6) is 0 Å². The molecule has 0 saturated heterocycles. The Morgan fingerprint density at radius 2 is 2.05 bits per heavy atom. The molecular weight excluding hydrogens is 250 g/mol. The molecule has 1 aromatic carbocycles. The lowest BCUT2D eigenvalue weighted by atomic mass is 10.1. The number of amides is 1. The van der Waals surface area contributed by atoms with E-state index in [4.69, 9.17) is 0 Å². The fourth-order valence-corrected chi connectivity index (χ4v) is 2.87. The van der Waals surface area contributed by atoms with Gasteiger partial charge in [-0.05, 0) is 48.2 Å². The molecule has 1 aliphatic carbocycles. The molecule has 2 aromatic rings. The van der Waals surface area contributed by atoms with Gasteiger partial charge in [-0.2, -0.15) is 0 Å². The Morgan fingerprint density at radius 1 is 1.20 bits per heavy atom. The van der Waals surface area contributed by atoms with Crippen LogP contribution in [0, 0.1) is 0 Å². The second kappa shape index (κ2) is 4.49. The van der Waals surface area contributed by atoms with Gasteiger partial charge in [-0.3, -0.25) is 9.69 Å². The number of carbonyl (C=O) groups is 1. The van der Waals surface area contributed by atoms with Crippen molar-refractivity contribution in [1.29, 1.82) is 0 Å². The molecule has 0 bridgehead atoms. The molecule has 2 aliphatic rings. The van der Waals surface area contributed by atoms with Gasteiger partial charge in [0.2, 0.25) is 0 Å². The number of anilines is 1. The molecule has 1 amide bonds. The summed E-state index contributed by atoms with van der Waals surface area (Å²) in [7, 11) is 0. The molecule has 4 rings (SSSR count). The molecular formula is C16H17N3O. The number of benzene rings is 1. The molecule has 0 unspecified atom stereocenters. The predicted octanol–water partition coefficient (Wildman–Crippen LogP) is 2.75. The number of H-pyrrole nitrogens is 1. The maximum Gasteiger partial charge on any atom is 0.272 e. The predicted molar refractivity (Wildman–Crippen MR) is 77.5 cm³/mol. The molecule has 1 saturated carbocycles. The van der Waals surface area contributed by atoms with Crippen molar-refractivity contribution in [2.24, 2.45) is 0 Å². The van der Waals surface area contributed by atoms with Crippen LogP contribution in [0.1, 0.15) is 34.5 Å². The number of fused-ring (bicyclic) bond motifs is 1. The van der Waals surface area contributed by atoms with Gasteiger partial charge in [-0.1, -0.05) is 6.07 Å². The Hall–Kier alpha value is -2.07. The molecule has 0 radical (unpaired) electrons. The van der Waals surface area contributed by atoms with Crippen molar-refractivity contribution in [1.82, 2.24) is 9.88 Å². The van der Waals surface area contributed by atoms with E-state index in [0.29, 0.717) is 5.69 Å². The van der Waals surface area contributed by atoms with Crippen LogP contribution in [0.15, 0.2) is 36.5 Å². The fourth-order valence-electron chi connectivity index (χ4n) is 2.87. The first-order chi connectivity index (χ1) is 9.79. The van der Waals surface area contributed by atoms with Crippen molar-refractivity contribution in [3.63, 3.8) is 0 Å². The largest absolute Gasteiger partial charge is 0.357 e. The highest BCUT2D eigenvalue weighted by molar-refractivity contribution is 6.02. The van der Waals surface area contributed by atoms with Gasteiger partial charge >= 0.3 is 0 Å². The van der Waals surface area contributed by atoms with Gasteiger partial charge in [-0.15, -0.1) is 0 Å². The Kier molecular flexibility index (Phi) is 2.63. The summed E-state index contributed by atoms with van der Waals surface area (Å²) >= 11 is 0. The summed E-state index contributed by atoms with van der Waals surface area (Å²) in [6.07, 6.45) is 4.43. The van der Waals surface area contributed by atoms with Crippen molar-refractivity contribution >= 4 is 11.6 Å². The second-order valence-corrected chi connectivity index (χ2v) is 5.66. The molecule has 1 aromatic heterocycles. The van der Waals surface area contributed by atoms with Crippen molar-refractivity contribution in [2.45, 2.75) is 32.0 Å². The summed E-state index contributed by atoms with van der Waals surface area (Å²) in [5, 5.41) is 2.95. The minimum atomic E-state index is -0.0907. The van der Waals surface area contributed by atoms with Crippen LogP contribution in [-0.4, -0.2) is 21.8 Å². The summed E-state index contributed by atoms with van der Waals surface area (Å²) in [5.74, 6) is -0.0907. The van der Waals surface area contributed by atoms with E-state index >= 15 is 0 Å². The maximum absolute atomic E-state index is 12.0. The van der Waals surface area contributed by atoms with Gasteiger partial charge in [0.25, 0.3) is 5.91 Å². The second-order valence-electron chi connectivity index (χ2n) is 5.66. The first-order valence-electron chi connectivity index (χ1n) is 7.10. The molecule has 1 fully saturated rings. The van der Waals surface area contributed by atoms with Crippen molar-refractivity contribution in [2.75, 3.05) is 5.32 Å². The lowest BCUT2D eigenvalue weighted by Gasteiger charge is -2.12. The first-order valence-corrected chi connectivity index (χ1v) is 7.10. The molecule has 2 N–H and O–H groups in total. The average Bonchev–Trinajstić information content (AvgIpc) is 3.00. The van der Waals surface area contributed by atoms with Gasteiger partial charge in [0.15, 0.2) is 0 Å². The molecule has 4 heteroatoms. The van der Waals surface area contributed by atoms with Crippen LogP contribution in [-0.2, 0) is 13.1 Å². The maximum atomic E-state index is 12.0. The standard InChI is InChI=1S/C16H17N3O/c20-16(15-2-1-7-17-15)18-13-4-3-11-9-19(14-5-6-14)10-12(11)8-13/h1-4,7-8,14,17H,5-6,9-10H2,(H,18,20). The van der Waals surface area contributed by atoms with Gasteiger partial charge < -0.3 is 10.3 Å². The van der Waals surface area contributed by atoms with Gasteiger partial charge in [0.1, 0.15) is 5.69 Å². The van der Waals surface area contributed by atoms with Gasteiger partial charge in [0, 0.05) is 31.0 Å². The lowest BCUT2D eigenvalue weighted by molar-refractivity contribution is 0.102. The number of aromatic amines is 1. The highest BCUT2D eigenvalue weighted by Crippen LogP contribution is 2.35. The summed E-state index contributed by atoms with van der Waals surface area (Å²) in [6, 6.07) is 10.6. The minimum Gasteiger partial charge on any atom is -0.357 e. The van der Waals surface area contributed by atoms with Crippen LogP contribution in [0.2, 0.25) is 0 Å². The zero-order valence-electron chi connectivity index (χ0n) is 11.2. The summed E-state index contributed by atoms with van der Waals surface area (Å²) < 4.78 is 0. The van der Waals surface area contributed by atoms with Gasteiger partial charge in [-0.25, -0.2) is 0 Å². The number of nitrogens with one attached hydrogen (secondary N) is 2. The summed E-state index contributed by atoms with van der Waals surface area (Å²) in [6.45, 7) is 2.08. The monoisotopic (exact) mass is 267 g/mol. The van der Waals surface area contributed by atoms with Crippen molar-refractivity contribution < 1.29 is 4.79 Å². The number of nitrogens with zero attached hydrogens (tertiary/aromatic N) is 1. The number of aromatic nitrogens is 1. The number of hydrogen-bond acceptors (Lipinski definition) is 2. The molecule has 2 heterocycles. The number of rotatable bonds is 3. The van der Waals surface area contributed by atoms with E-state index in [1.165, 1.54) is 24.0 Å². The first kappa shape index (κ1) is 11.7. The van der Waals surface area contributed by atoms with Crippen LogP contribution in [0.3, 0.4) is 0 Å². The van der Waals surface area contributed by atoms with Crippen LogP contribution in [0.25, 0.3) is 0 Å². The Bertz CT molecular complexity index is 644. The Morgan fingerprint density at radius 3 is 2.80 bits per heavy atom. The molecule has 0 spiro atoms. The van der Waals surface area contributed by atoms with E-state index in [1.54, 1.807) is 12.3 Å².